The van der Waals surface area contributed by atoms with Crippen LogP contribution in [0.2, 0.25) is 0 Å². The average Bonchev–Trinajstić information content (AvgIpc) is 2.68. The summed E-state index contributed by atoms with van der Waals surface area (Å²) < 4.78 is 1.10. The summed E-state index contributed by atoms with van der Waals surface area (Å²) >= 11 is 2.25. The van der Waals surface area contributed by atoms with Gasteiger partial charge in [-0.05, 0) is 53.5 Å². The summed E-state index contributed by atoms with van der Waals surface area (Å²) in [5, 5.41) is 3.04. The molecule has 0 radical (unpaired) electrons. The van der Waals surface area contributed by atoms with Gasteiger partial charge in [-0.1, -0.05) is 25.5 Å². The van der Waals surface area contributed by atoms with Crippen molar-refractivity contribution in [1.82, 2.24) is 0 Å². The van der Waals surface area contributed by atoms with Crippen LogP contribution >= 0.6 is 22.6 Å². The Kier molecular flexibility index (Phi) is 3.84. The van der Waals surface area contributed by atoms with Crippen molar-refractivity contribution >= 4 is 34.2 Å². The van der Waals surface area contributed by atoms with E-state index in [2.05, 4.69) is 34.8 Å². The van der Waals surface area contributed by atoms with Crippen LogP contribution in [-0.4, -0.2) is 5.91 Å². The van der Waals surface area contributed by atoms with Crippen LogP contribution in [0.1, 0.15) is 26.2 Å². The molecule has 0 saturated heterocycles. The van der Waals surface area contributed by atoms with Gasteiger partial charge in [0.15, 0.2) is 0 Å². The van der Waals surface area contributed by atoms with E-state index in [0.29, 0.717) is 5.92 Å². The third kappa shape index (κ3) is 2.56. The SMILES string of the molecule is CC1CCCC1C(=O)Nc1ccccc1I. The minimum atomic E-state index is 0.189. The van der Waals surface area contributed by atoms with Crippen molar-refractivity contribution in [2.75, 3.05) is 5.32 Å². The molecule has 1 aliphatic carbocycles. The first-order valence-electron chi connectivity index (χ1n) is 5.74. The van der Waals surface area contributed by atoms with Gasteiger partial charge < -0.3 is 5.32 Å². The molecular formula is C13H16INO. The molecule has 1 aromatic carbocycles. The molecule has 0 aliphatic heterocycles. The second-order valence-corrected chi connectivity index (χ2v) is 5.65. The highest BCUT2D eigenvalue weighted by Gasteiger charge is 2.29. The number of para-hydroxylation sites is 1. The van der Waals surface area contributed by atoms with Crippen molar-refractivity contribution in [3.63, 3.8) is 0 Å². The number of carbonyl (C=O) groups is 1. The predicted molar refractivity (Wildman–Crippen MR) is 74.3 cm³/mol. The number of carbonyl (C=O) groups excluding carboxylic acids is 1. The Bertz CT molecular complexity index is 391. The van der Waals surface area contributed by atoms with E-state index < -0.39 is 0 Å². The number of benzene rings is 1. The number of anilines is 1. The van der Waals surface area contributed by atoms with Crippen molar-refractivity contribution in [3.8, 4) is 0 Å². The summed E-state index contributed by atoms with van der Waals surface area (Å²) in [5.74, 6) is 0.923. The van der Waals surface area contributed by atoms with Crippen molar-refractivity contribution in [2.45, 2.75) is 26.2 Å². The highest BCUT2D eigenvalue weighted by atomic mass is 127. The topological polar surface area (TPSA) is 29.1 Å². The molecule has 16 heavy (non-hydrogen) atoms. The Hall–Kier alpha value is -0.580. The van der Waals surface area contributed by atoms with E-state index in [-0.39, 0.29) is 11.8 Å². The molecule has 2 atom stereocenters. The summed E-state index contributed by atoms with van der Waals surface area (Å²) in [6.07, 6.45) is 3.41. The van der Waals surface area contributed by atoms with E-state index in [1.165, 1.54) is 12.8 Å². The lowest BCUT2D eigenvalue weighted by Crippen LogP contribution is -2.24. The first kappa shape index (κ1) is 11.9. The fourth-order valence-electron chi connectivity index (χ4n) is 2.32. The predicted octanol–water partition coefficient (Wildman–Crippen LogP) is 3.67. The maximum atomic E-state index is 12.1. The minimum absolute atomic E-state index is 0.189. The summed E-state index contributed by atoms with van der Waals surface area (Å²) in [6.45, 7) is 2.17. The molecule has 1 amide bonds. The van der Waals surface area contributed by atoms with Crippen LogP contribution in [0.25, 0.3) is 0 Å². The van der Waals surface area contributed by atoms with Crippen LogP contribution in [0.4, 0.5) is 5.69 Å². The monoisotopic (exact) mass is 329 g/mol. The molecule has 0 bridgehead atoms. The van der Waals surface area contributed by atoms with Gasteiger partial charge in [-0.25, -0.2) is 0 Å². The van der Waals surface area contributed by atoms with E-state index in [1.807, 2.05) is 24.3 Å². The molecule has 1 aromatic rings. The van der Waals surface area contributed by atoms with Crippen LogP contribution in [0.3, 0.4) is 0 Å². The molecular weight excluding hydrogens is 313 g/mol. The first-order valence-corrected chi connectivity index (χ1v) is 6.82. The maximum Gasteiger partial charge on any atom is 0.227 e. The number of amides is 1. The molecule has 1 saturated carbocycles. The van der Waals surface area contributed by atoms with E-state index in [1.54, 1.807) is 0 Å². The molecule has 3 heteroatoms. The van der Waals surface area contributed by atoms with Crippen molar-refractivity contribution < 1.29 is 4.79 Å². The van der Waals surface area contributed by atoms with E-state index in [0.717, 1.165) is 15.7 Å². The van der Waals surface area contributed by atoms with Gasteiger partial charge in [0.05, 0.1) is 5.69 Å². The highest BCUT2D eigenvalue weighted by Crippen LogP contribution is 2.32. The van der Waals surface area contributed by atoms with Crippen molar-refractivity contribution in [1.29, 1.82) is 0 Å². The van der Waals surface area contributed by atoms with Gasteiger partial charge in [0.25, 0.3) is 0 Å². The summed E-state index contributed by atoms with van der Waals surface area (Å²) in [6, 6.07) is 7.90. The zero-order valence-electron chi connectivity index (χ0n) is 9.37. The molecule has 2 rings (SSSR count). The zero-order valence-corrected chi connectivity index (χ0v) is 11.5. The Balaban J connectivity index is 2.05. The van der Waals surface area contributed by atoms with Crippen molar-refractivity contribution in [3.05, 3.63) is 27.8 Å². The Morgan fingerprint density at radius 2 is 2.12 bits per heavy atom. The molecule has 0 heterocycles. The summed E-state index contributed by atoms with van der Waals surface area (Å²) in [4.78, 5) is 12.1. The zero-order chi connectivity index (χ0) is 11.5. The molecule has 1 N–H and O–H groups in total. The number of halogens is 1. The maximum absolute atomic E-state index is 12.1. The summed E-state index contributed by atoms with van der Waals surface area (Å²) in [5.41, 5.74) is 0.937. The number of rotatable bonds is 2. The Morgan fingerprint density at radius 1 is 1.38 bits per heavy atom. The fraction of sp³-hybridized carbons (Fsp3) is 0.462. The molecule has 1 fully saturated rings. The van der Waals surface area contributed by atoms with Crippen LogP contribution in [-0.2, 0) is 4.79 Å². The Morgan fingerprint density at radius 3 is 2.75 bits per heavy atom. The molecule has 1 aliphatic rings. The molecule has 0 aromatic heterocycles. The van der Waals surface area contributed by atoms with Gasteiger partial charge >= 0.3 is 0 Å². The lowest BCUT2D eigenvalue weighted by atomic mass is 9.97. The van der Waals surface area contributed by atoms with E-state index >= 15 is 0 Å². The van der Waals surface area contributed by atoms with Gasteiger partial charge in [-0.2, -0.15) is 0 Å². The van der Waals surface area contributed by atoms with Gasteiger partial charge in [0.1, 0.15) is 0 Å². The first-order chi connectivity index (χ1) is 7.68. The lowest BCUT2D eigenvalue weighted by Gasteiger charge is -2.15. The van der Waals surface area contributed by atoms with Gasteiger partial charge in [-0.15, -0.1) is 0 Å². The second-order valence-electron chi connectivity index (χ2n) is 4.48. The van der Waals surface area contributed by atoms with Gasteiger partial charge in [-0.3, -0.25) is 4.79 Å². The second kappa shape index (κ2) is 5.17. The van der Waals surface area contributed by atoms with E-state index in [9.17, 15) is 4.79 Å². The molecule has 86 valence electrons. The van der Waals surface area contributed by atoms with Crippen LogP contribution in [0.5, 0.6) is 0 Å². The van der Waals surface area contributed by atoms with Crippen LogP contribution < -0.4 is 5.32 Å². The highest BCUT2D eigenvalue weighted by molar-refractivity contribution is 14.1. The number of nitrogens with one attached hydrogen (secondary N) is 1. The largest absolute Gasteiger partial charge is 0.325 e. The molecule has 2 nitrogen and oxygen atoms in total. The number of hydrogen-bond donors (Lipinski definition) is 1. The Labute approximate surface area is 110 Å². The molecule has 0 spiro atoms. The van der Waals surface area contributed by atoms with Crippen LogP contribution in [0, 0.1) is 15.4 Å². The summed E-state index contributed by atoms with van der Waals surface area (Å²) in [7, 11) is 0. The smallest absolute Gasteiger partial charge is 0.227 e. The quantitative estimate of drug-likeness (QED) is 0.824. The lowest BCUT2D eigenvalue weighted by molar-refractivity contribution is -0.120. The average molecular weight is 329 g/mol. The normalized spacial score (nSPS) is 24.4. The third-order valence-corrected chi connectivity index (χ3v) is 4.27. The van der Waals surface area contributed by atoms with Gasteiger partial charge in [0, 0.05) is 9.49 Å². The van der Waals surface area contributed by atoms with Crippen molar-refractivity contribution in [2.24, 2.45) is 11.8 Å². The number of hydrogen-bond acceptors (Lipinski definition) is 1. The fourth-order valence-corrected chi connectivity index (χ4v) is 2.85. The van der Waals surface area contributed by atoms with E-state index in [4.69, 9.17) is 0 Å². The van der Waals surface area contributed by atoms with Gasteiger partial charge in [0.2, 0.25) is 5.91 Å². The standard InChI is InChI=1S/C13H16INO/c1-9-5-4-6-10(9)13(16)15-12-8-3-2-7-11(12)14/h2-3,7-10H,4-6H2,1H3,(H,15,16). The molecule has 2 unspecified atom stereocenters. The third-order valence-electron chi connectivity index (χ3n) is 3.33. The minimum Gasteiger partial charge on any atom is -0.325 e. The van der Waals surface area contributed by atoms with Crippen LogP contribution in [0.15, 0.2) is 24.3 Å².